The molecule has 0 aliphatic carbocycles. The highest BCUT2D eigenvalue weighted by atomic mass is 32.2. The van der Waals surface area contributed by atoms with Gasteiger partial charge in [-0.05, 0) is 52.8 Å². The number of nitro groups is 1. The zero-order valence-corrected chi connectivity index (χ0v) is 13.8. The average molecular weight is 345 g/mol. The summed E-state index contributed by atoms with van der Waals surface area (Å²) in [5.74, 6) is 0. The van der Waals surface area contributed by atoms with Crippen molar-refractivity contribution in [3.05, 3.63) is 76.9 Å². The summed E-state index contributed by atoms with van der Waals surface area (Å²) in [4.78, 5) is 12.6. The van der Waals surface area contributed by atoms with E-state index in [9.17, 15) is 10.1 Å². The molecule has 0 saturated heterocycles. The first-order valence-corrected chi connectivity index (χ1v) is 9.01. The van der Waals surface area contributed by atoms with Gasteiger partial charge in [-0.25, -0.2) is 0 Å². The van der Waals surface area contributed by atoms with E-state index in [4.69, 9.17) is 0 Å². The van der Waals surface area contributed by atoms with Crippen LogP contribution >= 0.6 is 34.9 Å². The van der Waals surface area contributed by atoms with Crippen LogP contribution in [0.5, 0.6) is 0 Å². The van der Waals surface area contributed by atoms with Crippen molar-refractivity contribution < 1.29 is 4.92 Å². The van der Waals surface area contributed by atoms with Crippen LogP contribution in [0.1, 0.15) is 15.3 Å². The van der Waals surface area contributed by atoms with Crippen molar-refractivity contribution in [1.29, 1.82) is 0 Å². The molecule has 22 heavy (non-hydrogen) atoms. The van der Waals surface area contributed by atoms with Crippen LogP contribution in [0.3, 0.4) is 0 Å². The number of benzene rings is 1. The highest BCUT2D eigenvalue weighted by Gasteiger charge is 2.04. The zero-order chi connectivity index (χ0) is 15.4. The number of thioether (sulfide) groups is 2. The summed E-state index contributed by atoms with van der Waals surface area (Å²) in [6.07, 6.45) is 6.18. The minimum atomic E-state index is -0.388. The largest absolute Gasteiger partial charge is 0.269 e. The molecule has 6 heteroatoms. The highest BCUT2D eigenvalue weighted by Crippen LogP contribution is 2.39. The Kier molecular flexibility index (Phi) is 4.82. The fraction of sp³-hybridized carbons (Fsp3) is 0. The van der Waals surface area contributed by atoms with Gasteiger partial charge in [-0.15, -0.1) is 11.3 Å². The number of hydrogen-bond donors (Lipinski definition) is 0. The molecular weight excluding hydrogens is 334 g/mol. The quantitative estimate of drug-likeness (QED) is 0.498. The van der Waals surface area contributed by atoms with Crippen LogP contribution < -0.4 is 0 Å². The van der Waals surface area contributed by atoms with Crippen LogP contribution in [0.25, 0.3) is 18.2 Å². The van der Waals surface area contributed by atoms with Gasteiger partial charge >= 0.3 is 0 Å². The molecule has 0 radical (unpaired) electrons. The second-order valence-electron chi connectivity index (χ2n) is 4.39. The van der Waals surface area contributed by atoms with E-state index in [1.54, 1.807) is 47.0 Å². The van der Waals surface area contributed by atoms with Crippen LogP contribution in [-0.4, -0.2) is 4.92 Å². The van der Waals surface area contributed by atoms with Crippen molar-refractivity contribution in [3.63, 3.8) is 0 Å². The van der Waals surface area contributed by atoms with Crippen LogP contribution in [-0.2, 0) is 0 Å². The van der Waals surface area contributed by atoms with E-state index in [-0.39, 0.29) is 10.6 Å². The fourth-order valence-corrected chi connectivity index (χ4v) is 4.49. The van der Waals surface area contributed by atoms with Gasteiger partial charge in [0.1, 0.15) is 0 Å². The Labute approximate surface area is 140 Å². The molecule has 1 aliphatic heterocycles. The van der Waals surface area contributed by atoms with Crippen molar-refractivity contribution in [3.8, 4) is 0 Å². The van der Waals surface area contributed by atoms with Crippen molar-refractivity contribution in [2.45, 2.75) is 0 Å². The van der Waals surface area contributed by atoms with Crippen LogP contribution in [0.2, 0.25) is 0 Å². The molecule has 1 aromatic heterocycles. The van der Waals surface area contributed by atoms with Gasteiger partial charge in [0.2, 0.25) is 0 Å². The lowest BCUT2D eigenvalue weighted by Gasteiger charge is -1.93. The predicted octanol–water partition coefficient (Wildman–Crippen LogP) is 6.08. The van der Waals surface area contributed by atoms with Crippen LogP contribution in [0, 0.1) is 10.1 Å². The summed E-state index contributed by atoms with van der Waals surface area (Å²) in [5.41, 5.74) is 1.06. The van der Waals surface area contributed by atoms with Crippen molar-refractivity contribution in [2.75, 3.05) is 0 Å². The Bertz CT molecular complexity index is 763. The molecule has 0 spiro atoms. The molecule has 0 bridgehead atoms. The Hall–Kier alpha value is -1.76. The summed E-state index contributed by atoms with van der Waals surface area (Å²) in [7, 11) is 0. The standard InChI is InChI=1S/C16H11NO2S3/c18-17(19)13-4-1-12(2-5-13)3-6-14-7-8-15(22-14)11-16-20-9-10-21-16/h1-11H/b6-3+. The van der Waals surface area contributed by atoms with Gasteiger partial charge in [0.15, 0.2) is 0 Å². The molecule has 0 amide bonds. The van der Waals surface area contributed by atoms with Crippen molar-refractivity contribution >= 4 is 58.8 Å². The van der Waals surface area contributed by atoms with E-state index < -0.39 is 0 Å². The lowest BCUT2D eigenvalue weighted by Crippen LogP contribution is -1.86. The summed E-state index contributed by atoms with van der Waals surface area (Å²) in [6, 6.07) is 10.7. The molecule has 0 fully saturated rings. The molecule has 2 aromatic rings. The maximum Gasteiger partial charge on any atom is 0.269 e. The monoisotopic (exact) mass is 345 g/mol. The van der Waals surface area contributed by atoms with E-state index in [0.29, 0.717) is 0 Å². The summed E-state index contributed by atoms with van der Waals surface area (Å²) in [6.45, 7) is 0. The van der Waals surface area contributed by atoms with E-state index in [2.05, 4.69) is 29.0 Å². The zero-order valence-electron chi connectivity index (χ0n) is 11.3. The third kappa shape index (κ3) is 3.91. The minimum absolute atomic E-state index is 0.113. The van der Waals surface area contributed by atoms with Crippen LogP contribution in [0.15, 0.2) is 51.5 Å². The van der Waals surface area contributed by atoms with Gasteiger partial charge in [-0.1, -0.05) is 29.6 Å². The van der Waals surface area contributed by atoms with E-state index in [0.717, 1.165) is 10.4 Å². The predicted molar refractivity (Wildman–Crippen MR) is 98.6 cm³/mol. The summed E-state index contributed by atoms with van der Waals surface area (Å²) < 4.78 is 1.28. The number of nitrogens with zero attached hydrogens (tertiary/aromatic N) is 1. The topological polar surface area (TPSA) is 43.1 Å². The molecule has 3 rings (SSSR count). The minimum Gasteiger partial charge on any atom is -0.258 e. The lowest BCUT2D eigenvalue weighted by molar-refractivity contribution is -0.384. The maximum absolute atomic E-state index is 10.6. The first-order chi connectivity index (χ1) is 10.7. The average Bonchev–Trinajstić information content (AvgIpc) is 3.18. The first-order valence-electron chi connectivity index (χ1n) is 6.43. The number of thiophene rings is 1. The molecule has 0 saturated carbocycles. The second kappa shape index (κ2) is 7.00. The molecule has 110 valence electrons. The first kappa shape index (κ1) is 15.1. The molecule has 0 N–H and O–H groups in total. The Morgan fingerprint density at radius 2 is 1.59 bits per heavy atom. The summed E-state index contributed by atoms with van der Waals surface area (Å²) in [5, 5.41) is 14.8. The Morgan fingerprint density at radius 1 is 0.909 bits per heavy atom. The van der Waals surface area contributed by atoms with Gasteiger partial charge in [0.05, 0.1) is 9.16 Å². The maximum atomic E-state index is 10.6. The molecule has 3 nitrogen and oxygen atoms in total. The Morgan fingerprint density at radius 3 is 2.27 bits per heavy atom. The second-order valence-corrected chi connectivity index (χ2v) is 7.69. The number of non-ortho nitro benzene ring substituents is 1. The smallest absolute Gasteiger partial charge is 0.258 e. The highest BCUT2D eigenvalue weighted by molar-refractivity contribution is 8.27. The van der Waals surface area contributed by atoms with Gasteiger partial charge in [0, 0.05) is 21.9 Å². The van der Waals surface area contributed by atoms with E-state index in [1.807, 2.05) is 12.2 Å². The number of nitro benzene ring substituents is 1. The van der Waals surface area contributed by atoms with Crippen molar-refractivity contribution in [2.24, 2.45) is 0 Å². The molecule has 0 unspecified atom stereocenters. The fourth-order valence-electron chi connectivity index (χ4n) is 1.82. The molecule has 1 aliphatic rings. The molecule has 1 aromatic carbocycles. The Balaban J connectivity index is 1.69. The van der Waals surface area contributed by atoms with Gasteiger partial charge < -0.3 is 0 Å². The van der Waals surface area contributed by atoms with Crippen molar-refractivity contribution in [1.82, 2.24) is 0 Å². The molecular formula is C16H11NO2S3. The molecule has 0 atom stereocenters. The van der Waals surface area contributed by atoms with Gasteiger partial charge in [-0.3, -0.25) is 10.1 Å². The SMILES string of the molecule is O=[N+]([O-])c1ccc(/C=C/c2ccc(C=C3SC=CS3)s2)cc1. The molecule has 2 heterocycles. The lowest BCUT2D eigenvalue weighted by atomic mass is 10.2. The number of rotatable bonds is 4. The third-order valence-electron chi connectivity index (χ3n) is 2.88. The number of hydrogen-bond acceptors (Lipinski definition) is 5. The van der Waals surface area contributed by atoms with E-state index in [1.165, 1.54) is 21.2 Å². The third-order valence-corrected chi connectivity index (χ3v) is 5.87. The van der Waals surface area contributed by atoms with E-state index >= 15 is 0 Å². The van der Waals surface area contributed by atoms with Crippen LogP contribution in [0.4, 0.5) is 5.69 Å². The van der Waals surface area contributed by atoms with Gasteiger partial charge in [-0.2, -0.15) is 0 Å². The van der Waals surface area contributed by atoms with Gasteiger partial charge in [0.25, 0.3) is 5.69 Å². The summed E-state index contributed by atoms with van der Waals surface area (Å²) >= 11 is 5.20. The normalized spacial score (nSPS) is 13.9.